The van der Waals surface area contributed by atoms with E-state index in [1.54, 1.807) is 31.5 Å². The van der Waals surface area contributed by atoms with Gasteiger partial charge >= 0.3 is 0 Å². The molecule has 136 valence electrons. The zero-order valence-corrected chi connectivity index (χ0v) is 14.8. The topological polar surface area (TPSA) is 92.1 Å². The number of nitriles is 1. The largest absolute Gasteiger partial charge is 0.497 e. The van der Waals surface area contributed by atoms with Crippen molar-refractivity contribution in [2.45, 2.75) is 0 Å². The summed E-state index contributed by atoms with van der Waals surface area (Å²) in [6.45, 7) is 1.09. The van der Waals surface area contributed by atoms with E-state index in [1.165, 1.54) is 0 Å². The van der Waals surface area contributed by atoms with E-state index in [2.05, 4.69) is 26.7 Å². The van der Waals surface area contributed by atoms with Gasteiger partial charge in [0.05, 0.1) is 25.3 Å². The molecule has 27 heavy (non-hydrogen) atoms. The van der Waals surface area contributed by atoms with Gasteiger partial charge in [0, 0.05) is 11.9 Å². The first-order valence-electron chi connectivity index (χ1n) is 8.38. The highest BCUT2D eigenvalue weighted by molar-refractivity contribution is 5.56. The van der Waals surface area contributed by atoms with Gasteiger partial charge in [0.15, 0.2) is 0 Å². The average Bonchev–Trinajstić information content (AvgIpc) is 2.72. The second-order valence-electron chi connectivity index (χ2n) is 5.53. The van der Waals surface area contributed by atoms with Crippen molar-refractivity contribution in [3.8, 4) is 17.6 Å². The Bertz CT molecular complexity index is 905. The average molecular weight is 361 g/mol. The molecule has 0 radical (unpaired) electrons. The first-order chi connectivity index (χ1) is 13.3. The number of rotatable bonds is 8. The Morgan fingerprint density at radius 2 is 1.74 bits per heavy atom. The predicted molar refractivity (Wildman–Crippen MR) is 103 cm³/mol. The minimum atomic E-state index is 0.473. The summed E-state index contributed by atoms with van der Waals surface area (Å²) in [4.78, 5) is 8.61. The zero-order valence-electron chi connectivity index (χ0n) is 14.8. The lowest BCUT2D eigenvalue weighted by molar-refractivity contribution is 0.331. The summed E-state index contributed by atoms with van der Waals surface area (Å²) >= 11 is 0. The number of anilines is 3. The highest BCUT2D eigenvalue weighted by Crippen LogP contribution is 2.17. The van der Waals surface area contributed by atoms with E-state index in [0.29, 0.717) is 30.5 Å². The molecule has 7 heteroatoms. The van der Waals surface area contributed by atoms with Crippen LogP contribution in [-0.2, 0) is 0 Å². The van der Waals surface area contributed by atoms with E-state index in [9.17, 15) is 0 Å². The van der Waals surface area contributed by atoms with Crippen LogP contribution in [0.3, 0.4) is 0 Å². The fraction of sp³-hybridized carbons (Fsp3) is 0.150. The zero-order chi connectivity index (χ0) is 18.9. The number of hydrogen-bond donors (Lipinski definition) is 2. The summed E-state index contributed by atoms with van der Waals surface area (Å²) in [5.41, 5.74) is 1.42. The maximum absolute atomic E-state index is 8.83. The molecule has 0 amide bonds. The number of aromatic nitrogens is 2. The second kappa shape index (κ2) is 9.06. The summed E-state index contributed by atoms with van der Waals surface area (Å²) in [7, 11) is 1.63. The Labute approximate surface area is 157 Å². The highest BCUT2D eigenvalue weighted by atomic mass is 16.5. The molecule has 0 aliphatic rings. The molecule has 0 spiro atoms. The third-order valence-electron chi connectivity index (χ3n) is 3.66. The fourth-order valence-electron chi connectivity index (χ4n) is 2.29. The smallest absolute Gasteiger partial charge is 0.229 e. The van der Waals surface area contributed by atoms with Crippen LogP contribution in [0.1, 0.15) is 5.56 Å². The number of ether oxygens (including phenoxy) is 2. The van der Waals surface area contributed by atoms with Crippen LogP contribution in [-0.4, -0.2) is 30.2 Å². The van der Waals surface area contributed by atoms with Crippen molar-refractivity contribution in [2.75, 3.05) is 30.9 Å². The Hall–Kier alpha value is -3.79. The first-order valence-corrected chi connectivity index (χ1v) is 8.38. The van der Waals surface area contributed by atoms with Crippen molar-refractivity contribution >= 4 is 17.5 Å². The summed E-state index contributed by atoms with van der Waals surface area (Å²) in [6, 6.07) is 18.4. The predicted octanol–water partition coefficient (Wildman–Crippen LogP) is 3.59. The molecule has 0 aliphatic heterocycles. The van der Waals surface area contributed by atoms with Gasteiger partial charge in [-0.05, 0) is 54.6 Å². The van der Waals surface area contributed by atoms with E-state index in [-0.39, 0.29) is 0 Å². The van der Waals surface area contributed by atoms with Gasteiger partial charge in [-0.3, -0.25) is 0 Å². The highest BCUT2D eigenvalue weighted by Gasteiger charge is 2.01. The van der Waals surface area contributed by atoms with Gasteiger partial charge in [-0.15, -0.1) is 0 Å². The van der Waals surface area contributed by atoms with Gasteiger partial charge in [0.1, 0.15) is 23.9 Å². The van der Waals surface area contributed by atoms with Crippen molar-refractivity contribution in [2.24, 2.45) is 0 Å². The number of hydrogen-bond acceptors (Lipinski definition) is 7. The van der Waals surface area contributed by atoms with Gasteiger partial charge in [0.25, 0.3) is 0 Å². The van der Waals surface area contributed by atoms with Gasteiger partial charge in [-0.2, -0.15) is 10.2 Å². The van der Waals surface area contributed by atoms with E-state index in [4.69, 9.17) is 14.7 Å². The third kappa shape index (κ3) is 5.34. The maximum atomic E-state index is 8.83. The Balaban J connectivity index is 1.48. The first kappa shape index (κ1) is 18.0. The molecule has 1 aromatic heterocycles. The summed E-state index contributed by atoms with van der Waals surface area (Å²) in [5, 5.41) is 15.1. The molecule has 1 heterocycles. The number of nitrogens with zero attached hydrogens (tertiary/aromatic N) is 3. The standard InChI is InChI=1S/C20H19N5O2/c1-26-17-6-8-18(9-7-17)27-13-12-22-19-10-11-23-20(25-19)24-16-4-2-15(14-21)3-5-16/h2-11H,12-13H2,1H3,(H2,22,23,24,25). The summed E-state index contributed by atoms with van der Waals surface area (Å²) < 4.78 is 10.8. The third-order valence-corrected chi connectivity index (χ3v) is 3.66. The van der Waals surface area contributed by atoms with Crippen LogP contribution in [0, 0.1) is 11.3 Å². The molecule has 0 saturated heterocycles. The Morgan fingerprint density at radius 1 is 1.00 bits per heavy atom. The summed E-state index contributed by atoms with van der Waals surface area (Å²) in [5.74, 6) is 2.74. The van der Waals surface area contributed by atoms with E-state index >= 15 is 0 Å². The molecule has 2 N–H and O–H groups in total. The minimum absolute atomic E-state index is 0.473. The van der Waals surface area contributed by atoms with Gasteiger partial charge in [-0.1, -0.05) is 0 Å². The lowest BCUT2D eigenvalue weighted by Crippen LogP contribution is -2.13. The second-order valence-corrected chi connectivity index (χ2v) is 5.53. The SMILES string of the molecule is COc1ccc(OCCNc2ccnc(Nc3ccc(C#N)cc3)n2)cc1. The maximum Gasteiger partial charge on any atom is 0.229 e. The molecule has 0 atom stereocenters. The normalized spacial score (nSPS) is 9.93. The minimum Gasteiger partial charge on any atom is -0.497 e. The van der Waals surface area contributed by atoms with Gasteiger partial charge < -0.3 is 20.1 Å². The molecular formula is C20H19N5O2. The van der Waals surface area contributed by atoms with Gasteiger partial charge in [0.2, 0.25) is 5.95 Å². The molecule has 2 aromatic carbocycles. The molecule has 3 rings (SSSR count). The molecule has 3 aromatic rings. The van der Waals surface area contributed by atoms with Crippen molar-refractivity contribution in [1.29, 1.82) is 5.26 Å². The lowest BCUT2D eigenvalue weighted by atomic mass is 10.2. The quantitative estimate of drug-likeness (QED) is 0.592. The molecule has 0 fully saturated rings. The van der Waals surface area contributed by atoms with E-state index in [0.717, 1.165) is 17.2 Å². The van der Waals surface area contributed by atoms with Crippen LogP contribution in [0.5, 0.6) is 11.5 Å². The van der Waals surface area contributed by atoms with Gasteiger partial charge in [-0.25, -0.2) is 4.98 Å². The van der Waals surface area contributed by atoms with E-state index in [1.807, 2.05) is 36.4 Å². The van der Waals surface area contributed by atoms with Crippen LogP contribution < -0.4 is 20.1 Å². The van der Waals surface area contributed by atoms with Crippen LogP contribution in [0.2, 0.25) is 0 Å². The van der Waals surface area contributed by atoms with Crippen LogP contribution in [0.25, 0.3) is 0 Å². The molecule has 0 aliphatic carbocycles. The van der Waals surface area contributed by atoms with Crippen molar-refractivity contribution in [1.82, 2.24) is 9.97 Å². The number of nitrogens with one attached hydrogen (secondary N) is 2. The van der Waals surface area contributed by atoms with Crippen molar-refractivity contribution < 1.29 is 9.47 Å². The number of benzene rings is 2. The Morgan fingerprint density at radius 3 is 2.44 bits per heavy atom. The van der Waals surface area contributed by atoms with Crippen molar-refractivity contribution in [3.05, 3.63) is 66.4 Å². The van der Waals surface area contributed by atoms with Crippen LogP contribution in [0.15, 0.2) is 60.8 Å². The van der Waals surface area contributed by atoms with E-state index < -0.39 is 0 Å². The molecule has 0 unspecified atom stereocenters. The number of methoxy groups -OCH3 is 1. The molecule has 0 saturated carbocycles. The lowest BCUT2D eigenvalue weighted by Gasteiger charge is -2.10. The molecule has 7 nitrogen and oxygen atoms in total. The monoisotopic (exact) mass is 361 g/mol. The van der Waals surface area contributed by atoms with Crippen LogP contribution in [0.4, 0.5) is 17.5 Å². The van der Waals surface area contributed by atoms with Crippen LogP contribution >= 0.6 is 0 Å². The fourth-order valence-corrected chi connectivity index (χ4v) is 2.29. The Kier molecular flexibility index (Phi) is 6.04. The summed E-state index contributed by atoms with van der Waals surface area (Å²) in [6.07, 6.45) is 1.67. The molecule has 0 bridgehead atoms. The molecular weight excluding hydrogens is 342 g/mol. The van der Waals surface area contributed by atoms with Crippen molar-refractivity contribution in [3.63, 3.8) is 0 Å².